The van der Waals surface area contributed by atoms with Gasteiger partial charge in [-0.05, 0) is 12.8 Å². The van der Waals surface area contributed by atoms with Crippen molar-refractivity contribution in [2.45, 2.75) is 18.9 Å². The Bertz CT molecular complexity index is 314. The Labute approximate surface area is 88.2 Å². The van der Waals surface area contributed by atoms with Crippen LogP contribution in [0.1, 0.15) is 12.8 Å². The molecular formula is C10H14N2O3. The van der Waals surface area contributed by atoms with E-state index in [2.05, 4.69) is 4.74 Å². The van der Waals surface area contributed by atoms with E-state index in [0.717, 1.165) is 19.4 Å². The van der Waals surface area contributed by atoms with Crippen LogP contribution in [-0.2, 0) is 14.3 Å². The number of Topliss-reactive ketones (excluding diaryl/α,β-unsaturated/α-hetero) is 1. The molecule has 0 aliphatic carbocycles. The van der Waals surface area contributed by atoms with Crippen molar-refractivity contribution in [2.24, 2.45) is 0 Å². The maximum absolute atomic E-state index is 11.6. The summed E-state index contributed by atoms with van der Waals surface area (Å²) in [6.45, 7) is 1.12. The molecule has 1 unspecified atom stereocenters. The summed E-state index contributed by atoms with van der Waals surface area (Å²) in [4.78, 5) is 23.1. The smallest absolute Gasteiger partial charge is 0.337 e. The predicted octanol–water partition coefficient (Wildman–Crippen LogP) is -0.0628. The van der Waals surface area contributed by atoms with Crippen LogP contribution in [0.25, 0.3) is 0 Å². The number of hydrazine groups is 1. The van der Waals surface area contributed by atoms with Crippen LogP contribution in [0.4, 0.5) is 0 Å². The lowest BCUT2D eigenvalue weighted by molar-refractivity contribution is -0.149. The highest BCUT2D eigenvalue weighted by Crippen LogP contribution is 2.20. The molecule has 0 aromatic rings. The van der Waals surface area contributed by atoms with Gasteiger partial charge in [0.15, 0.2) is 5.78 Å². The maximum atomic E-state index is 11.6. The molecule has 0 aromatic carbocycles. The molecule has 82 valence electrons. The van der Waals surface area contributed by atoms with E-state index in [-0.39, 0.29) is 5.78 Å². The number of esters is 1. The van der Waals surface area contributed by atoms with Crippen molar-refractivity contribution in [3.05, 3.63) is 12.3 Å². The van der Waals surface area contributed by atoms with E-state index in [1.165, 1.54) is 7.11 Å². The van der Waals surface area contributed by atoms with Crippen molar-refractivity contribution in [2.75, 3.05) is 20.2 Å². The van der Waals surface area contributed by atoms with Gasteiger partial charge in [0.25, 0.3) is 0 Å². The highest BCUT2D eigenvalue weighted by Gasteiger charge is 2.42. The molecule has 0 spiro atoms. The number of hydrogen-bond donors (Lipinski definition) is 0. The number of allylic oxidation sites excluding steroid dienone is 1. The zero-order valence-electron chi connectivity index (χ0n) is 8.68. The summed E-state index contributed by atoms with van der Waals surface area (Å²) >= 11 is 0. The number of rotatable bonds is 1. The molecule has 2 aliphatic rings. The molecule has 2 heterocycles. The Morgan fingerprint density at radius 2 is 2.40 bits per heavy atom. The molecule has 0 aromatic heterocycles. The highest BCUT2D eigenvalue weighted by molar-refractivity contribution is 6.05. The second-order valence-corrected chi connectivity index (χ2v) is 3.69. The van der Waals surface area contributed by atoms with Crippen LogP contribution in [0.5, 0.6) is 0 Å². The SMILES string of the molecule is COC(=O)C1C(=O)CN2CCCC=CN12. The van der Waals surface area contributed by atoms with E-state index in [4.69, 9.17) is 0 Å². The van der Waals surface area contributed by atoms with Crippen molar-refractivity contribution in [3.8, 4) is 0 Å². The fraction of sp³-hybridized carbons (Fsp3) is 0.600. The molecule has 1 fully saturated rings. The molecule has 2 aliphatic heterocycles. The lowest BCUT2D eigenvalue weighted by atomic mass is 10.2. The molecule has 5 heteroatoms. The summed E-state index contributed by atoms with van der Waals surface area (Å²) in [5.74, 6) is -0.567. The molecule has 15 heavy (non-hydrogen) atoms. The minimum absolute atomic E-state index is 0.0894. The van der Waals surface area contributed by atoms with Crippen molar-refractivity contribution in [1.82, 2.24) is 10.0 Å². The Kier molecular flexibility index (Phi) is 2.73. The van der Waals surface area contributed by atoms with Gasteiger partial charge in [-0.1, -0.05) is 6.08 Å². The maximum Gasteiger partial charge on any atom is 0.337 e. The molecule has 1 saturated heterocycles. The molecule has 1 atom stereocenters. The van der Waals surface area contributed by atoms with Crippen molar-refractivity contribution in [3.63, 3.8) is 0 Å². The number of carbonyl (C=O) groups excluding carboxylic acids is 2. The number of nitrogens with zero attached hydrogens (tertiary/aromatic N) is 2. The normalized spacial score (nSPS) is 26.3. The van der Waals surface area contributed by atoms with Crippen LogP contribution in [0.15, 0.2) is 12.3 Å². The molecule has 2 rings (SSSR count). The topological polar surface area (TPSA) is 49.9 Å². The molecular weight excluding hydrogens is 196 g/mol. The first-order chi connectivity index (χ1) is 7.24. The predicted molar refractivity (Wildman–Crippen MR) is 52.6 cm³/mol. The number of carbonyl (C=O) groups is 2. The monoisotopic (exact) mass is 210 g/mol. The summed E-state index contributed by atoms with van der Waals surface area (Å²) in [7, 11) is 1.31. The standard InChI is InChI=1S/C10H14N2O3/c1-15-10(14)9-8(13)7-11-5-3-2-4-6-12(9)11/h4,6,9H,2-3,5,7H2,1H3. The summed E-state index contributed by atoms with van der Waals surface area (Å²) in [5.41, 5.74) is 0. The van der Waals surface area contributed by atoms with Gasteiger partial charge >= 0.3 is 5.97 Å². The van der Waals surface area contributed by atoms with Crippen LogP contribution in [0.2, 0.25) is 0 Å². The van der Waals surface area contributed by atoms with E-state index >= 15 is 0 Å². The number of methoxy groups -OCH3 is 1. The van der Waals surface area contributed by atoms with Gasteiger partial charge in [0.1, 0.15) is 0 Å². The lowest BCUT2D eigenvalue weighted by Gasteiger charge is -2.26. The van der Waals surface area contributed by atoms with Gasteiger partial charge in [-0.25, -0.2) is 9.80 Å². The van der Waals surface area contributed by atoms with Gasteiger partial charge in [0, 0.05) is 12.7 Å². The quantitative estimate of drug-likeness (QED) is 0.448. The lowest BCUT2D eigenvalue weighted by Crippen LogP contribution is -2.42. The summed E-state index contributed by atoms with van der Waals surface area (Å²) < 4.78 is 4.63. The van der Waals surface area contributed by atoms with E-state index in [9.17, 15) is 9.59 Å². The Morgan fingerprint density at radius 3 is 3.13 bits per heavy atom. The Morgan fingerprint density at radius 1 is 1.60 bits per heavy atom. The van der Waals surface area contributed by atoms with Crippen molar-refractivity contribution < 1.29 is 14.3 Å². The Balaban J connectivity index is 2.22. The molecule has 0 saturated carbocycles. The summed E-state index contributed by atoms with van der Waals surface area (Å²) in [6.07, 6.45) is 5.78. The van der Waals surface area contributed by atoms with Gasteiger partial charge in [-0.3, -0.25) is 9.80 Å². The van der Waals surface area contributed by atoms with Crippen molar-refractivity contribution in [1.29, 1.82) is 0 Å². The highest BCUT2D eigenvalue weighted by atomic mass is 16.5. The third-order valence-corrected chi connectivity index (χ3v) is 2.70. The zero-order chi connectivity index (χ0) is 10.8. The van der Waals surface area contributed by atoms with Crippen LogP contribution in [0, 0.1) is 0 Å². The molecule has 0 radical (unpaired) electrons. The second-order valence-electron chi connectivity index (χ2n) is 3.69. The fourth-order valence-electron chi connectivity index (χ4n) is 1.96. The number of ether oxygens (including phenoxy) is 1. The first kappa shape index (κ1) is 10.2. The molecule has 5 nitrogen and oxygen atoms in total. The number of ketones is 1. The van der Waals surface area contributed by atoms with Crippen LogP contribution < -0.4 is 0 Å². The minimum Gasteiger partial charge on any atom is -0.467 e. The summed E-state index contributed by atoms with van der Waals surface area (Å²) in [5, 5.41) is 3.59. The molecule has 0 bridgehead atoms. The first-order valence-corrected chi connectivity index (χ1v) is 5.04. The number of hydrogen-bond acceptors (Lipinski definition) is 5. The van der Waals surface area contributed by atoms with Crippen LogP contribution in [0.3, 0.4) is 0 Å². The third kappa shape index (κ3) is 1.74. The first-order valence-electron chi connectivity index (χ1n) is 5.04. The molecule has 0 amide bonds. The average molecular weight is 210 g/mol. The average Bonchev–Trinajstić information content (AvgIpc) is 2.40. The van der Waals surface area contributed by atoms with Gasteiger partial charge in [-0.2, -0.15) is 0 Å². The zero-order valence-corrected chi connectivity index (χ0v) is 8.68. The van der Waals surface area contributed by atoms with E-state index in [1.807, 2.05) is 11.1 Å². The number of fused-ring (bicyclic) bond motifs is 1. The fourth-order valence-corrected chi connectivity index (χ4v) is 1.96. The van der Waals surface area contributed by atoms with Gasteiger partial charge in [0.05, 0.1) is 13.7 Å². The van der Waals surface area contributed by atoms with E-state index in [0.29, 0.717) is 6.54 Å². The van der Waals surface area contributed by atoms with Crippen LogP contribution >= 0.6 is 0 Å². The second kappa shape index (κ2) is 4.02. The van der Waals surface area contributed by atoms with E-state index in [1.54, 1.807) is 11.2 Å². The van der Waals surface area contributed by atoms with Gasteiger partial charge in [0.2, 0.25) is 6.04 Å². The van der Waals surface area contributed by atoms with Crippen LogP contribution in [-0.4, -0.2) is 48.0 Å². The minimum atomic E-state index is -0.774. The summed E-state index contributed by atoms with van der Waals surface area (Å²) in [6, 6.07) is -0.774. The third-order valence-electron chi connectivity index (χ3n) is 2.70. The van der Waals surface area contributed by atoms with Crippen molar-refractivity contribution >= 4 is 11.8 Å². The van der Waals surface area contributed by atoms with Gasteiger partial charge in [-0.15, -0.1) is 0 Å². The largest absolute Gasteiger partial charge is 0.467 e. The molecule has 0 N–H and O–H groups in total. The van der Waals surface area contributed by atoms with Gasteiger partial charge < -0.3 is 4.74 Å². The Hall–Kier alpha value is -1.36. The van der Waals surface area contributed by atoms with E-state index < -0.39 is 12.0 Å².